The summed E-state index contributed by atoms with van der Waals surface area (Å²) in [5.41, 5.74) is 4.32. The first-order valence-electron chi connectivity index (χ1n) is 11.7. The van der Waals surface area contributed by atoms with Crippen LogP contribution >= 0.6 is 0 Å². The van der Waals surface area contributed by atoms with Gasteiger partial charge in [0.2, 0.25) is 0 Å². The summed E-state index contributed by atoms with van der Waals surface area (Å²) in [4.78, 5) is 5.77. The molecule has 5 atom stereocenters. The molecule has 2 aromatic carbocycles. The molecule has 33 heavy (non-hydrogen) atoms. The molecule has 2 aromatic rings. The van der Waals surface area contributed by atoms with E-state index in [4.69, 9.17) is 14.8 Å². The summed E-state index contributed by atoms with van der Waals surface area (Å²) in [5, 5.41) is 34.9. The maximum atomic E-state index is 10.7. The van der Waals surface area contributed by atoms with E-state index in [1.54, 1.807) is 25.3 Å². The third-order valence-electron chi connectivity index (χ3n) is 8.34. The van der Waals surface area contributed by atoms with Crippen molar-refractivity contribution in [1.29, 1.82) is 5.26 Å². The summed E-state index contributed by atoms with van der Waals surface area (Å²) in [6.07, 6.45) is 4.40. The molecule has 6 nitrogen and oxygen atoms in total. The van der Waals surface area contributed by atoms with Crippen molar-refractivity contribution in [2.45, 2.75) is 57.7 Å². The van der Waals surface area contributed by atoms with Crippen LogP contribution in [0, 0.1) is 28.6 Å². The first kappa shape index (κ1) is 21.8. The molecule has 0 aromatic heterocycles. The molecule has 0 amide bonds. The quantitative estimate of drug-likeness (QED) is 0.654. The van der Waals surface area contributed by atoms with Gasteiger partial charge in [-0.3, -0.25) is 0 Å². The summed E-state index contributed by atoms with van der Waals surface area (Å²) < 4.78 is 5.42. The molecular weight excluding hydrogens is 416 g/mol. The minimum absolute atomic E-state index is 0.0522. The normalized spacial score (nSPS) is 31.3. The average Bonchev–Trinajstić information content (AvgIpc) is 3.13. The van der Waals surface area contributed by atoms with Crippen LogP contribution < -0.4 is 4.74 Å². The van der Waals surface area contributed by atoms with Gasteiger partial charge in [0.15, 0.2) is 11.5 Å². The standard InChI is InChI=1S/C27H30N2O4/c1-27-9-8-18-19-13-25(32-2)24(30)12-21(19)23(11-20(18)22(27)6-7-26(27)31)29-33-15-17-5-3-4-16(10-17)14-28/h3-5,10,12-13,18,20,22,26,30-31H,6-9,11,15H2,1-2H3/t18-,20-,22+,26-,27+/m1/s1. The van der Waals surface area contributed by atoms with Gasteiger partial charge in [-0.1, -0.05) is 24.2 Å². The van der Waals surface area contributed by atoms with Crippen LogP contribution in [0.4, 0.5) is 0 Å². The lowest BCUT2D eigenvalue weighted by molar-refractivity contribution is -0.0180. The maximum absolute atomic E-state index is 10.7. The Hall–Kier alpha value is -3.04. The van der Waals surface area contributed by atoms with E-state index in [9.17, 15) is 10.2 Å². The number of nitrogens with zero attached hydrogens (tertiary/aromatic N) is 2. The first-order chi connectivity index (χ1) is 15.9. The van der Waals surface area contributed by atoms with Gasteiger partial charge in [-0.25, -0.2) is 0 Å². The number of aliphatic hydroxyl groups is 1. The van der Waals surface area contributed by atoms with Gasteiger partial charge < -0.3 is 19.8 Å². The Kier molecular flexibility index (Phi) is 5.54. The van der Waals surface area contributed by atoms with Gasteiger partial charge in [0.25, 0.3) is 0 Å². The third-order valence-corrected chi connectivity index (χ3v) is 8.34. The van der Waals surface area contributed by atoms with Crippen molar-refractivity contribution < 1.29 is 19.8 Å². The van der Waals surface area contributed by atoms with Crippen LogP contribution in [0.2, 0.25) is 0 Å². The highest BCUT2D eigenvalue weighted by molar-refractivity contribution is 6.03. The van der Waals surface area contributed by atoms with Crippen LogP contribution in [0.3, 0.4) is 0 Å². The predicted molar refractivity (Wildman–Crippen MR) is 124 cm³/mol. The molecule has 3 aliphatic carbocycles. The highest BCUT2D eigenvalue weighted by Gasteiger charge is 2.55. The van der Waals surface area contributed by atoms with E-state index < -0.39 is 0 Å². The van der Waals surface area contributed by atoms with Gasteiger partial charge >= 0.3 is 0 Å². The molecule has 2 saturated carbocycles. The molecule has 0 spiro atoms. The van der Waals surface area contributed by atoms with Crippen molar-refractivity contribution >= 4 is 5.71 Å². The summed E-state index contributed by atoms with van der Waals surface area (Å²) in [5.74, 6) is 1.72. The van der Waals surface area contributed by atoms with Crippen molar-refractivity contribution in [3.63, 3.8) is 0 Å². The lowest BCUT2D eigenvalue weighted by Gasteiger charge is -2.50. The Bertz CT molecular complexity index is 1140. The maximum Gasteiger partial charge on any atom is 0.160 e. The highest BCUT2D eigenvalue weighted by atomic mass is 16.6. The fourth-order valence-electron chi connectivity index (χ4n) is 6.57. The van der Waals surface area contributed by atoms with Gasteiger partial charge in [-0.2, -0.15) is 5.26 Å². The molecule has 2 fully saturated rings. The molecule has 0 radical (unpaired) electrons. The van der Waals surface area contributed by atoms with E-state index in [1.165, 1.54) is 0 Å². The van der Waals surface area contributed by atoms with Crippen molar-refractivity contribution in [3.05, 3.63) is 58.7 Å². The fourth-order valence-corrected chi connectivity index (χ4v) is 6.57. The zero-order chi connectivity index (χ0) is 23.2. The smallest absolute Gasteiger partial charge is 0.160 e. The number of ether oxygens (including phenoxy) is 1. The van der Waals surface area contributed by atoms with E-state index in [2.05, 4.69) is 18.1 Å². The van der Waals surface area contributed by atoms with E-state index in [1.807, 2.05) is 18.2 Å². The Labute approximate surface area is 194 Å². The Morgan fingerprint density at radius 1 is 1.21 bits per heavy atom. The van der Waals surface area contributed by atoms with Crippen molar-refractivity contribution in [2.24, 2.45) is 22.4 Å². The van der Waals surface area contributed by atoms with Crippen LogP contribution in [0.1, 0.15) is 67.2 Å². The number of phenolic OH excluding ortho intramolecular Hbond substituents is 1. The minimum atomic E-state index is -0.247. The second kappa shape index (κ2) is 8.39. The molecule has 0 saturated heterocycles. The largest absolute Gasteiger partial charge is 0.504 e. The minimum Gasteiger partial charge on any atom is -0.504 e. The van der Waals surface area contributed by atoms with Crippen LogP contribution in [0.25, 0.3) is 0 Å². The summed E-state index contributed by atoms with van der Waals surface area (Å²) in [6, 6.07) is 13.2. The van der Waals surface area contributed by atoms with E-state index in [0.29, 0.717) is 29.1 Å². The zero-order valence-electron chi connectivity index (χ0n) is 19.1. The molecule has 0 aliphatic heterocycles. The number of hydrogen-bond acceptors (Lipinski definition) is 6. The number of benzene rings is 2. The SMILES string of the molecule is COc1cc2c(cc1O)C(=NOCc1cccc(C#N)c1)C[C@@H]1[C@@H]2CC[C@]2(C)[C@H](O)CC[C@@H]12. The van der Waals surface area contributed by atoms with Crippen LogP contribution in [0.5, 0.6) is 11.5 Å². The van der Waals surface area contributed by atoms with Crippen molar-refractivity contribution in [3.8, 4) is 17.6 Å². The molecule has 0 bridgehead atoms. The molecular formula is C27H30N2O4. The number of aliphatic hydroxyl groups excluding tert-OH is 1. The van der Waals surface area contributed by atoms with Crippen LogP contribution in [0.15, 0.2) is 41.6 Å². The second-order valence-corrected chi connectivity index (χ2v) is 9.95. The number of rotatable bonds is 4. The van der Waals surface area contributed by atoms with Crippen LogP contribution in [-0.2, 0) is 11.4 Å². The number of hydrogen-bond donors (Lipinski definition) is 2. The molecule has 2 N–H and O–H groups in total. The Balaban J connectivity index is 1.49. The van der Waals surface area contributed by atoms with E-state index in [-0.39, 0.29) is 23.9 Å². The van der Waals surface area contributed by atoms with E-state index >= 15 is 0 Å². The summed E-state index contributed by atoms with van der Waals surface area (Å²) in [6.45, 7) is 2.51. The lowest BCUT2D eigenvalue weighted by atomic mass is 9.55. The number of nitriles is 1. The fraction of sp³-hybridized carbons (Fsp3) is 0.481. The molecule has 0 unspecified atom stereocenters. The Morgan fingerprint density at radius 2 is 2.06 bits per heavy atom. The monoisotopic (exact) mass is 446 g/mol. The number of methoxy groups -OCH3 is 1. The topological polar surface area (TPSA) is 95.1 Å². The van der Waals surface area contributed by atoms with Gasteiger partial charge in [-0.15, -0.1) is 0 Å². The van der Waals surface area contributed by atoms with Gasteiger partial charge in [-0.05, 0) is 90.7 Å². The number of aromatic hydroxyl groups is 1. The number of fused-ring (bicyclic) bond motifs is 5. The number of phenols is 1. The van der Waals surface area contributed by atoms with Crippen molar-refractivity contribution in [1.82, 2.24) is 0 Å². The highest BCUT2D eigenvalue weighted by Crippen LogP contribution is 2.61. The van der Waals surface area contributed by atoms with Crippen LogP contribution in [-0.4, -0.2) is 29.1 Å². The number of oxime groups is 1. The van der Waals surface area contributed by atoms with E-state index in [0.717, 1.165) is 54.5 Å². The first-order valence-corrected chi connectivity index (χ1v) is 11.7. The lowest BCUT2D eigenvalue weighted by Crippen LogP contribution is -2.45. The molecule has 3 aliphatic rings. The zero-order valence-corrected chi connectivity index (χ0v) is 19.1. The average molecular weight is 447 g/mol. The molecule has 5 rings (SSSR count). The predicted octanol–water partition coefficient (Wildman–Crippen LogP) is 4.87. The van der Waals surface area contributed by atoms with Gasteiger partial charge in [0.1, 0.15) is 6.61 Å². The van der Waals surface area contributed by atoms with Gasteiger partial charge in [0, 0.05) is 5.56 Å². The second-order valence-electron chi connectivity index (χ2n) is 9.95. The summed E-state index contributed by atoms with van der Waals surface area (Å²) in [7, 11) is 1.57. The molecule has 0 heterocycles. The summed E-state index contributed by atoms with van der Waals surface area (Å²) >= 11 is 0. The Morgan fingerprint density at radius 3 is 2.85 bits per heavy atom. The van der Waals surface area contributed by atoms with Crippen molar-refractivity contribution in [2.75, 3.05) is 7.11 Å². The third kappa shape index (κ3) is 3.65. The molecule has 172 valence electrons. The van der Waals surface area contributed by atoms with Gasteiger partial charge in [0.05, 0.1) is 30.6 Å². The molecule has 6 heteroatoms.